The zero-order chi connectivity index (χ0) is 35.9. The number of H-pyrrole nitrogens is 2. The number of nitrogens with zero attached hydrogens (tertiary/aromatic N) is 4. The zero-order valence-corrected chi connectivity index (χ0v) is 28.5. The molecule has 8 rings (SSSR count). The van der Waals surface area contributed by atoms with Crippen molar-refractivity contribution in [1.29, 1.82) is 0 Å². The molecule has 8 atom stereocenters. The highest BCUT2D eigenvalue weighted by Gasteiger charge is 2.58. The Bertz CT molecular complexity index is 1710. The summed E-state index contributed by atoms with van der Waals surface area (Å²) in [5.74, 6) is 12.8. The molecule has 2 saturated carbocycles. The van der Waals surface area contributed by atoms with E-state index in [1.165, 1.54) is 0 Å². The Morgan fingerprint density at radius 1 is 0.692 bits per heavy atom. The van der Waals surface area contributed by atoms with Gasteiger partial charge in [-0.25, -0.2) is 19.6 Å². The van der Waals surface area contributed by atoms with E-state index in [4.69, 9.17) is 9.47 Å². The second kappa shape index (κ2) is 14.2. The van der Waals surface area contributed by atoms with Gasteiger partial charge in [0.15, 0.2) is 0 Å². The Kier molecular flexibility index (Phi) is 9.27. The summed E-state index contributed by atoms with van der Waals surface area (Å²) in [6, 6.07) is -2.09. The molecular formula is C36H42N8O8. The number of carbonyl (C=O) groups is 4. The average Bonchev–Trinajstić information content (AvgIpc) is 3.75. The fourth-order valence-electron chi connectivity index (χ4n) is 8.82. The molecular weight excluding hydrogens is 672 g/mol. The minimum atomic E-state index is -1.22. The van der Waals surface area contributed by atoms with Crippen LogP contribution in [0.25, 0.3) is 0 Å². The third-order valence-electron chi connectivity index (χ3n) is 11.6. The largest absolute Gasteiger partial charge is 0.465 e. The number of nitrogens with one attached hydrogen (secondary N) is 4. The van der Waals surface area contributed by atoms with Gasteiger partial charge >= 0.3 is 12.2 Å². The highest BCUT2D eigenvalue weighted by atomic mass is 16.5. The summed E-state index contributed by atoms with van der Waals surface area (Å²) in [5.41, 5.74) is 0.941. The molecule has 2 unspecified atom stereocenters. The van der Waals surface area contributed by atoms with E-state index >= 15 is 0 Å². The van der Waals surface area contributed by atoms with Crippen molar-refractivity contribution in [3.8, 4) is 23.7 Å². The predicted octanol–water partition coefficient (Wildman–Crippen LogP) is 1.99. The van der Waals surface area contributed by atoms with Crippen molar-refractivity contribution in [2.75, 3.05) is 26.4 Å². The number of hydrogen-bond donors (Lipinski definition) is 6. The SMILES string of the molecule is O=C(O)N[C@@H](C(=O)N1C2C[C@@H]2C[C@H]1c1nc(C#CC#Cc2c[nH]c([C@@H]3C[C@H]4CC4N3C(=O)[C@H](NC(=O)O)C3CCOCC3)n2)c[nH]1)C1CCOCC1. The summed E-state index contributed by atoms with van der Waals surface area (Å²) in [6.07, 6.45) is 6.72. The average molecular weight is 715 g/mol. The smallest absolute Gasteiger partial charge is 0.405 e. The second-order valence-corrected chi connectivity index (χ2v) is 14.7. The van der Waals surface area contributed by atoms with Gasteiger partial charge in [-0.2, -0.15) is 0 Å². The van der Waals surface area contributed by atoms with Gasteiger partial charge in [0.1, 0.15) is 35.1 Å². The Labute approximate surface area is 299 Å². The molecule has 0 radical (unpaired) electrons. The predicted molar refractivity (Wildman–Crippen MR) is 180 cm³/mol. The first-order valence-electron chi connectivity index (χ1n) is 18.2. The van der Waals surface area contributed by atoms with E-state index in [-0.39, 0.29) is 47.8 Å². The lowest BCUT2D eigenvalue weighted by Gasteiger charge is -2.35. The number of likely N-dealkylation sites (tertiary alicyclic amines) is 2. The van der Waals surface area contributed by atoms with Crippen molar-refractivity contribution in [1.82, 2.24) is 40.4 Å². The van der Waals surface area contributed by atoms with Crippen LogP contribution in [-0.2, 0) is 19.1 Å². The van der Waals surface area contributed by atoms with Crippen LogP contribution in [0.15, 0.2) is 12.4 Å². The van der Waals surface area contributed by atoms with Crippen LogP contribution in [0.3, 0.4) is 0 Å². The molecule has 2 aliphatic carbocycles. The zero-order valence-electron chi connectivity index (χ0n) is 28.5. The van der Waals surface area contributed by atoms with E-state index in [0.29, 0.717) is 87.0 Å². The number of carbonyl (C=O) groups excluding carboxylic acids is 2. The van der Waals surface area contributed by atoms with Crippen LogP contribution in [-0.4, -0.2) is 115 Å². The first-order chi connectivity index (χ1) is 25.2. The van der Waals surface area contributed by atoms with Crippen LogP contribution in [0.4, 0.5) is 9.59 Å². The highest BCUT2D eigenvalue weighted by Crippen LogP contribution is 2.54. The van der Waals surface area contributed by atoms with Crippen LogP contribution < -0.4 is 10.6 Å². The number of imidazole rings is 2. The molecule has 6 aliphatic rings. The van der Waals surface area contributed by atoms with Gasteiger partial charge in [0.2, 0.25) is 11.8 Å². The van der Waals surface area contributed by atoms with Crippen LogP contribution >= 0.6 is 0 Å². The van der Waals surface area contributed by atoms with Crippen LogP contribution in [0.2, 0.25) is 0 Å². The molecule has 2 aromatic heterocycles. The van der Waals surface area contributed by atoms with Gasteiger partial charge in [-0.1, -0.05) is 0 Å². The van der Waals surface area contributed by atoms with Crippen molar-refractivity contribution < 1.29 is 38.9 Å². The third-order valence-corrected chi connectivity index (χ3v) is 11.6. The van der Waals surface area contributed by atoms with E-state index in [9.17, 15) is 29.4 Å². The van der Waals surface area contributed by atoms with Crippen molar-refractivity contribution >= 4 is 24.0 Å². The Morgan fingerprint density at radius 3 is 1.48 bits per heavy atom. The van der Waals surface area contributed by atoms with Crippen LogP contribution in [0.1, 0.15) is 86.5 Å². The number of amides is 4. The maximum absolute atomic E-state index is 13.9. The number of aromatic nitrogens is 4. The molecule has 52 heavy (non-hydrogen) atoms. The summed E-state index contributed by atoms with van der Waals surface area (Å²) in [6.45, 7) is 2.01. The van der Waals surface area contributed by atoms with E-state index < -0.39 is 24.3 Å². The van der Waals surface area contributed by atoms with Crippen LogP contribution in [0, 0.1) is 47.4 Å². The van der Waals surface area contributed by atoms with E-state index in [1.807, 2.05) is 9.80 Å². The molecule has 2 aromatic rings. The van der Waals surface area contributed by atoms with Crippen LogP contribution in [0.5, 0.6) is 0 Å². The maximum atomic E-state index is 13.9. The van der Waals surface area contributed by atoms with Crippen molar-refractivity contribution in [3.05, 3.63) is 35.4 Å². The molecule has 4 aliphatic heterocycles. The van der Waals surface area contributed by atoms with E-state index in [1.54, 1.807) is 12.4 Å². The van der Waals surface area contributed by atoms with Gasteiger partial charge in [0.25, 0.3) is 0 Å². The van der Waals surface area contributed by atoms with Gasteiger partial charge in [0, 0.05) is 50.9 Å². The lowest BCUT2D eigenvalue weighted by atomic mass is 9.90. The Hall–Kier alpha value is -5.06. The van der Waals surface area contributed by atoms with E-state index in [2.05, 4.69) is 54.3 Å². The summed E-state index contributed by atoms with van der Waals surface area (Å²) < 4.78 is 10.9. The Balaban J connectivity index is 0.926. The standard InChI is InChI=1S/C36H42N8O8/c45-33(29(41-35(47)48)19-5-9-51-10-6-19)43-25-13-21(25)15-27(43)31-37-17-23(39-31)3-1-2-4-24-18-38-32(40-24)28-16-22-14-26(22)44(28)34(46)30(42-36(49)50)20-7-11-52-12-8-20/h17-22,25-30,41-42H,5-16H2,(H,37,39)(H,38,40)(H,47,48)(H,49,50)/t21-,22-,25?,26?,27+,28+,29-,30-/m1/s1. The minimum Gasteiger partial charge on any atom is -0.465 e. The molecule has 6 N–H and O–H groups in total. The topological polar surface area (TPSA) is 215 Å². The van der Waals surface area contributed by atoms with Gasteiger partial charge in [-0.15, -0.1) is 0 Å². The number of rotatable bonds is 8. The third kappa shape index (κ3) is 6.92. The molecule has 0 spiro atoms. The molecule has 16 heteroatoms. The van der Waals surface area contributed by atoms with Crippen molar-refractivity contribution in [2.45, 2.75) is 87.6 Å². The number of hydrogen-bond acceptors (Lipinski definition) is 8. The number of fused-ring (bicyclic) bond motifs is 2. The van der Waals surface area contributed by atoms with Gasteiger partial charge in [0.05, 0.1) is 12.1 Å². The molecule has 4 amide bonds. The van der Waals surface area contributed by atoms with Crippen molar-refractivity contribution in [2.24, 2.45) is 23.7 Å². The molecule has 6 fully saturated rings. The van der Waals surface area contributed by atoms with Gasteiger partial charge < -0.3 is 50.1 Å². The molecule has 274 valence electrons. The highest BCUT2D eigenvalue weighted by molar-refractivity contribution is 5.87. The number of ether oxygens (including phenoxy) is 2. The molecule has 6 heterocycles. The quantitative estimate of drug-likeness (QED) is 0.219. The fraction of sp³-hybridized carbons (Fsp3) is 0.611. The summed E-state index contributed by atoms with van der Waals surface area (Å²) >= 11 is 0. The summed E-state index contributed by atoms with van der Waals surface area (Å²) in [7, 11) is 0. The lowest BCUT2D eigenvalue weighted by molar-refractivity contribution is -0.138. The van der Waals surface area contributed by atoms with E-state index in [0.717, 1.165) is 25.7 Å². The normalized spacial score (nSPS) is 29.0. The first-order valence-corrected chi connectivity index (χ1v) is 18.2. The monoisotopic (exact) mass is 714 g/mol. The molecule has 4 saturated heterocycles. The summed E-state index contributed by atoms with van der Waals surface area (Å²) in [5, 5.41) is 24.0. The maximum Gasteiger partial charge on any atom is 0.405 e. The lowest BCUT2D eigenvalue weighted by Crippen LogP contribution is -2.53. The molecule has 0 aromatic carbocycles. The van der Waals surface area contributed by atoms with Gasteiger partial charge in [-0.3, -0.25) is 9.59 Å². The second-order valence-electron chi connectivity index (χ2n) is 14.7. The minimum absolute atomic E-state index is 0.0784. The Morgan fingerprint density at radius 2 is 1.10 bits per heavy atom. The fourth-order valence-corrected chi connectivity index (χ4v) is 8.82. The number of piperidine rings is 2. The van der Waals surface area contributed by atoms with Crippen molar-refractivity contribution in [3.63, 3.8) is 0 Å². The number of carboxylic acid groups (broad SMARTS) is 2. The first kappa shape index (κ1) is 34.0. The molecule has 0 bridgehead atoms. The summed E-state index contributed by atoms with van der Waals surface area (Å²) in [4.78, 5) is 70.3. The number of aromatic amines is 2. The molecule has 16 nitrogen and oxygen atoms in total. The van der Waals surface area contributed by atoms with Gasteiger partial charge in [-0.05, 0) is 98.7 Å².